The molecule has 0 atom stereocenters. The quantitative estimate of drug-likeness (QED) is 0.766. The summed E-state index contributed by atoms with van der Waals surface area (Å²) in [4.78, 5) is 13.0. The zero-order valence-electron chi connectivity index (χ0n) is 8.62. The van der Waals surface area contributed by atoms with E-state index in [4.69, 9.17) is 11.6 Å². The van der Waals surface area contributed by atoms with Crippen molar-refractivity contribution in [2.24, 2.45) is 7.05 Å². The van der Waals surface area contributed by atoms with E-state index in [9.17, 15) is 4.79 Å². The molecule has 0 unspecified atom stereocenters. The van der Waals surface area contributed by atoms with E-state index in [0.717, 1.165) is 5.69 Å². The molecule has 5 heteroatoms. The van der Waals surface area contributed by atoms with Gasteiger partial charge >= 0.3 is 0 Å². The fourth-order valence-corrected chi connectivity index (χ4v) is 1.42. The molecule has 1 heterocycles. The van der Waals surface area contributed by atoms with Crippen molar-refractivity contribution in [1.82, 2.24) is 14.7 Å². The lowest BCUT2D eigenvalue weighted by Gasteiger charge is -2.16. The molecule has 0 saturated carbocycles. The molecular weight excluding hydrogens is 202 g/mol. The third-order valence-corrected chi connectivity index (χ3v) is 2.44. The van der Waals surface area contributed by atoms with Crippen molar-refractivity contribution in [2.75, 3.05) is 7.05 Å². The van der Waals surface area contributed by atoms with Crippen LogP contribution in [0.4, 0.5) is 0 Å². The van der Waals surface area contributed by atoms with E-state index < -0.39 is 0 Å². The minimum Gasteiger partial charge on any atom is -0.340 e. The van der Waals surface area contributed by atoms with Crippen molar-refractivity contribution >= 4 is 17.5 Å². The van der Waals surface area contributed by atoms with E-state index in [1.54, 1.807) is 22.8 Å². The van der Waals surface area contributed by atoms with Gasteiger partial charge in [0.25, 0.3) is 0 Å². The molecule has 0 spiro atoms. The number of halogens is 1. The topological polar surface area (TPSA) is 38.1 Å². The molecule has 0 radical (unpaired) electrons. The largest absolute Gasteiger partial charge is 0.340 e. The number of carbonyl (C=O) groups excluding carboxylic acids is 1. The Morgan fingerprint density at radius 1 is 1.71 bits per heavy atom. The summed E-state index contributed by atoms with van der Waals surface area (Å²) < 4.78 is 1.68. The van der Waals surface area contributed by atoms with Gasteiger partial charge in [0.15, 0.2) is 0 Å². The predicted molar refractivity (Wildman–Crippen MR) is 55.0 cm³/mol. The van der Waals surface area contributed by atoms with Crippen LogP contribution < -0.4 is 0 Å². The highest BCUT2D eigenvalue weighted by atomic mass is 35.5. The molecule has 14 heavy (non-hydrogen) atoms. The molecule has 0 N–H and O–H groups in total. The van der Waals surface area contributed by atoms with Gasteiger partial charge in [0.05, 0.1) is 23.5 Å². The summed E-state index contributed by atoms with van der Waals surface area (Å²) in [6, 6.07) is 0. The molecule has 1 rings (SSSR count). The molecule has 1 aromatic heterocycles. The van der Waals surface area contributed by atoms with Crippen molar-refractivity contribution in [3.05, 3.63) is 16.9 Å². The van der Waals surface area contributed by atoms with Gasteiger partial charge in [-0.1, -0.05) is 18.5 Å². The molecule has 0 aliphatic heterocycles. The minimum atomic E-state index is 0.0993. The lowest BCUT2D eigenvalue weighted by Crippen LogP contribution is -2.26. The van der Waals surface area contributed by atoms with Crippen LogP contribution in [0.3, 0.4) is 0 Å². The molecular formula is C9H14ClN3O. The van der Waals surface area contributed by atoms with Crippen LogP contribution in [0.2, 0.25) is 5.02 Å². The molecule has 0 fully saturated rings. The van der Waals surface area contributed by atoms with E-state index in [2.05, 4.69) is 5.10 Å². The standard InChI is InChI=1S/C9H14ClN3O/c1-4-9(14)12(2)6-8-7(10)5-11-13(8)3/h5H,4,6H2,1-3H3. The lowest BCUT2D eigenvalue weighted by atomic mass is 10.3. The molecule has 4 nitrogen and oxygen atoms in total. The van der Waals surface area contributed by atoms with E-state index in [1.807, 2.05) is 14.0 Å². The summed E-state index contributed by atoms with van der Waals surface area (Å²) in [6.07, 6.45) is 2.09. The maximum atomic E-state index is 11.3. The average molecular weight is 216 g/mol. The van der Waals surface area contributed by atoms with Gasteiger partial charge in [-0.15, -0.1) is 0 Å². The van der Waals surface area contributed by atoms with Crippen molar-refractivity contribution in [2.45, 2.75) is 19.9 Å². The zero-order valence-corrected chi connectivity index (χ0v) is 9.38. The first-order valence-electron chi connectivity index (χ1n) is 4.46. The second-order valence-electron chi connectivity index (χ2n) is 3.17. The van der Waals surface area contributed by atoms with Gasteiger partial charge < -0.3 is 4.90 Å². The normalized spacial score (nSPS) is 10.3. The average Bonchev–Trinajstić information content (AvgIpc) is 2.48. The Morgan fingerprint density at radius 2 is 2.36 bits per heavy atom. The molecule has 1 amide bonds. The summed E-state index contributed by atoms with van der Waals surface area (Å²) in [5.41, 5.74) is 0.857. The Kier molecular flexibility index (Phi) is 3.52. The first-order chi connectivity index (χ1) is 6.56. The highest BCUT2D eigenvalue weighted by molar-refractivity contribution is 6.31. The molecule has 78 valence electrons. The monoisotopic (exact) mass is 215 g/mol. The fourth-order valence-electron chi connectivity index (χ4n) is 1.20. The Balaban J connectivity index is 2.73. The second-order valence-corrected chi connectivity index (χ2v) is 3.57. The van der Waals surface area contributed by atoms with Crippen molar-refractivity contribution in [3.8, 4) is 0 Å². The van der Waals surface area contributed by atoms with Crippen LogP contribution in [-0.4, -0.2) is 27.6 Å². The third-order valence-electron chi connectivity index (χ3n) is 2.13. The fraction of sp³-hybridized carbons (Fsp3) is 0.556. The van der Waals surface area contributed by atoms with Gasteiger partial charge in [-0.3, -0.25) is 9.48 Å². The summed E-state index contributed by atoms with van der Waals surface area (Å²) >= 11 is 5.92. The number of rotatable bonds is 3. The number of hydrogen-bond donors (Lipinski definition) is 0. The van der Waals surface area contributed by atoms with Gasteiger partial charge in [-0.05, 0) is 0 Å². The number of aromatic nitrogens is 2. The van der Waals surface area contributed by atoms with Gasteiger partial charge in [-0.25, -0.2) is 0 Å². The number of nitrogens with zero attached hydrogens (tertiary/aromatic N) is 3. The first-order valence-corrected chi connectivity index (χ1v) is 4.84. The smallest absolute Gasteiger partial charge is 0.222 e. The molecule has 0 aliphatic rings. The number of amides is 1. The van der Waals surface area contributed by atoms with E-state index in [1.165, 1.54) is 0 Å². The summed E-state index contributed by atoms with van der Waals surface area (Å²) in [5, 5.41) is 4.60. The minimum absolute atomic E-state index is 0.0993. The molecule has 0 saturated heterocycles. The zero-order chi connectivity index (χ0) is 10.7. The SMILES string of the molecule is CCC(=O)N(C)Cc1c(Cl)cnn1C. The highest BCUT2D eigenvalue weighted by Gasteiger charge is 2.12. The van der Waals surface area contributed by atoms with Crippen molar-refractivity contribution < 1.29 is 4.79 Å². The van der Waals surface area contributed by atoms with Crippen molar-refractivity contribution in [3.63, 3.8) is 0 Å². The summed E-state index contributed by atoms with van der Waals surface area (Å²) in [7, 11) is 3.57. The van der Waals surface area contributed by atoms with Crippen LogP contribution in [0.15, 0.2) is 6.20 Å². The Morgan fingerprint density at radius 3 is 2.79 bits per heavy atom. The molecule has 0 bridgehead atoms. The van der Waals surface area contributed by atoms with Gasteiger partial charge in [0.1, 0.15) is 0 Å². The molecule has 1 aromatic rings. The Bertz CT molecular complexity index is 315. The van der Waals surface area contributed by atoms with Gasteiger partial charge in [0, 0.05) is 20.5 Å². The predicted octanol–water partition coefficient (Wildman–Crippen LogP) is 1.44. The molecule has 0 aromatic carbocycles. The van der Waals surface area contributed by atoms with Crippen LogP contribution in [0.5, 0.6) is 0 Å². The Hall–Kier alpha value is -1.03. The van der Waals surface area contributed by atoms with E-state index in [0.29, 0.717) is 18.0 Å². The number of aryl methyl sites for hydroxylation is 1. The van der Waals surface area contributed by atoms with Gasteiger partial charge in [-0.2, -0.15) is 5.10 Å². The van der Waals surface area contributed by atoms with Crippen LogP contribution in [0.25, 0.3) is 0 Å². The van der Waals surface area contributed by atoms with Crippen LogP contribution in [0, 0.1) is 0 Å². The maximum absolute atomic E-state index is 11.3. The van der Waals surface area contributed by atoms with E-state index in [-0.39, 0.29) is 5.91 Å². The number of hydrogen-bond acceptors (Lipinski definition) is 2. The van der Waals surface area contributed by atoms with Crippen LogP contribution in [-0.2, 0) is 18.4 Å². The second kappa shape index (κ2) is 4.46. The Labute approximate surface area is 88.5 Å². The van der Waals surface area contributed by atoms with Crippen LogP contribution >= 0.6 is 11.6 Å². The maximum Gasteiger partial charge on any atom is 0.222 e. The van der Waals surface area contributed by atoms with E-state index >= 15 is 0 Å². The first kappa shape index (κ1) is 11.0. The van der Waals surface area contributed by atoms with Crippen LogP contribution in [0.1, 0.15) is 19.0 Å². The summed E-state index contributed by atoms with van der Waals surface area (Å²) in [6.45, 7) is 2.34. The lowest BCUT2D eigenvalue weighted by molar-refractivity contribution is -0.130. The summed E-state index contributed by atoms with van der Waals surface area (Å²) in [5.74, 6) is 0.0993. The molecule has 0 aliphatic carbocycles. The highest BCUT2D eigenvalue weighted by Crippen LogP contribution is 2.15. The van der Waals surface area contributed by atoms with Crippen molar-refractivity contribution in [1.29, 1.82) is 0 Å². The van der Waals surface area contributed by atoms with Gasteiger partial charge in [0.2, 0.25) is 5.91 Å². The number of carbonyl (C=O) groups is 1. The third kappa shape index (κ3) is 2.26.